The van der Waals surface area contributed by atoms with Crippen molar-refractivity contribution >= 4 is 0 Å². The predicted octanol–water partition coefficient (Wildman–Crippen LogP) is 1.44. The van der Waals surface area contributed by atoms with E-state index in [1.165, 1.54) is 6.42 Å². The molecule has 1 nitrogen and oxygen atoms in total. The van der Waals surface area contributed by atoms with Crippen molar-refractivity contribution < 1.29 is 4.74 Å². The molecule has 0 amide bonds. The lowest BCUT2D eigenvalue weighted by Crippen LogP contribution is -1.97. The maximum atomic E-state index is 5.19. The van der Waals surface area contributed by atoms with Gasteiger partial charge in [0.2, 0.25) is 0 Å². The molecular weight excluding hydrogens is 112 g/mol. The molecular formula is C8H12O. The number of hydrogen-bond acceptors (Lipinski definition) is 1. The Labute approximate surface area is 56.4 Å². The molecule has 1 aliphatic rings. The van der Waals surface area contributed by atoms with E-state index < -0.39 is 0 Å². The highest BCUT2D eigenvalue weighted by Gasteiger charge is 2.13. The third-order valence-corrected chi connectivity index (χ3v) is 1.72. The Morgan fingerprint density at radius 3 is 3.11 bits per heavy atom. The number of ether oxygens (including phenoxy) is 1. The minimum absolute atomic E-state index is 0.751. The van der Waals surface area contributed by atoms with Crippen LogP contribution in [0.3, 0.4) is 0 Å². The van der Waals surface area contributed by atoms with Crippen LogP contribution in [0.2, 0.25) is 0 Å². The lowest BCUT2D eigenvalue weighted by Gasteiger charge is -2.01. The monoisotopic (exact) mass is 124 g/mol. The maximum Gasteiger partial charge on any atom is 0.0495 e. The summed E-state index contributed by atoms with van der Waals surface area (Å²) in [6.07, 6.45) is 8.39. The van der Waals surface area contributed by atoms with Crippen LogP contribution < -0.4 is 0 Å². The average molecular weight is 124 g/mol. The van der Waals surface area contributed by atoms with E-state index in [1.807, 2.05) is 0 Å². The molecule has 0 radical (unpaired) electrons. The standard InChI is InChI=1S/C8H12O/c1-2-3-4-8-5-6-9-7-8/h1,8H,3-7H2. The van der Waals surface area contributed by atoms with E-state index in [4.69, 9.17) is 11.2 Å². The quantitative estimate of drug-likeness (QED) is 0.506. The molecule has 1 fully saturated rings. The van der Waals surface area contributed by atoms with Gasteiger partial charge in [0, 0.05) is 19.6 Å². The zero-order chi connectivity index (χ0) is 6.53. The van der Waals surface area contributed by atoms with Crippen molar-refractivity contribution in [2.45, 2.75) is 19.3 Å². The second-order valence-corrected chi connectivity index (χ2v) is 2.47. The van der Waals surface area contributed by atoms with E-state index in [2.05, 4.69) is 5.92 Å². The van der Waals surface area contributed by atoms with E-state index in [0.717, 1.165) is 32.0 Å². The van der Waals surface area contributed by atoms with E-state index in [9.17, 15) is 0 Å². The second-order valence-electron chi connectivity index (χ2n) is 2.47. The Balaban J connectivity index is 2.06. The molecule has 1 aliphatic heterocycles. The normalized spacial score (nSPS) is 25.9. The highest BCUT2D eigenvalue weighted by molar-refractivity contribution is 4.84. The minimum atomic E-state index is 0.751. The minimum Gasteiger partial charge on any atom is -0.381 e. The van der Waals surface area contributed by atoms with Crippen LogP contribution >= 0.6 is 0 Å². The van der Waals surface area contributed by atoms with Crippen LogP contribution in [0, 0.1) is 18.3 Å². The van der Waals surface area contributed by atoms with Crippen molar-refractivity contribution in [1.82, 2.24) is 0 Å². The SMILES string of the molecule is C#CCCC1CCOC1. The maximum absolute atomic E-state index is 5.19. The van der Waals surface area contributed by atoms with Crippen molar-refractivity contribution in [2.24, 2.45) is 5.92 Å². The Kier molecular flexibility index (Phi) is 2.60. The van der Waals surface area contributed by atoms with Crippen molar-refractivity contribution in [3.8, 4) is 12.3 Å². The fourth-order valence-electron chi connectivity index (χ4n) is 1.10. The average Bonchev–Trinajstić information content (AvgIpc) is 2.34. The Hall–Kier alpha value is -0.480. The van der Waals surface area contributed by atoms with E-state index in [1.54, 1.807) is 0 Å². The summed E-state index contributed by atoms with van der Waals surface area (Å²) in [5.41, 5.74) is 0. The summed E-state index contributed by atoms with van der Waals surface area (Å²) in [7, 11) is 0. The zero-order valence-corrected chi connectivity index (χ0v) is 5.60. The Morgan fingerprint density at radius 1 is 1.67 bits per heavy atom. The summed E-state index contributed by atoms with van der Waals surface area (Å²) in [5, 5.41) is 0. The third kappa shape index (κ3) is 2.07. The topological polar surface area (TPSA) is 9.23 Å². The van der Waals surface area contributed by atoms with E-state index >= 15 is 0 Å². The molecule has 0 spiro atoms. The summed E-state index contributed by atoms with van der Waals surface area (Å²) in [4.78, 5) is 0. The molecule has 0 aromatic carbocycles. The van der Waals surface area contributed by atoms with Gasteiger partial charge in [0.05, 0.1) is 0 Å². The summed E-state index contributed by atoms with van der Waals surface area (Å²) in [5.74, 6) is 3.39. The van der Waals surface area contributed by atoms with Gasteiger partial charge in [0.15, 0.2) is 0 Å². The lowest BCUT2D eigenvalue weighted by molar-refractivity contribution is 0.184. The molecule has 1 atom stereocenters. The van der Waals surface area contributed by atoms with Crippen LogP contribution in [0.1, 0.15) is 19.3 Å². The third-order valence-electron chi connectivity index (χ3n) is 1.72. The van der Waals surface area contributed by atoms with Gasteiger partial charge in [-0.2, -0.15) is 0 Å². The number of terminal acetylenes is 1. The first-order valence-corrected chi connectivity index (χ1v) is 3.44. The van der Waals surface area contributed by atoms with Gasteiger partial charge in [-0.1, -0.05) is 0 Å². The van der Waals surface area contributed by atoms with Crippen molar-refractivity contribution in [3.05, 3.63) is 0 Å². The number of rotatable bonds is 2. The molecule has 0 aromatic heterocycles. The van der Waals surface area contributed by atoms with Crippen LogP contribution in [0.4, 0.5) is 0 Å². The van der Waals surface area contributed by atoms with Gasteiger partial charge >= 0.3 is 0 Å². The van der Waals surface area contributed by atoms with Gasteiger partial charge in [0.25, 0.3) is 0 Å². The molecule has 1 rings (SSSR count). The summed E-state index contributed by atoms with van der Waals surface area (Å²) in [6, 6.07) is 0. The first-order chi connectivity index (χ1) is 4.43. The number of hydrogen-bond donors (Lipinski definition) is 0. The molecule has 1 heterocycles. The largest absolute Gasteiger partial charge is 0.381 e. The van der Waals surface area contributed by atoms with Crippen LogP contribution in [-0.4, -0.2) is 13.2 Å². The molecule has 1 saturated heterocycles. The molecule has 0 N–H and O–H groups in total. The first-order valence-electron chi connectivity index (χ1n) is 3.44. The fourth-order valence-corrected chi connectivity index (χ4v) is 1.10. The highest BCUT2D eigenvalue weighted by atomic mass is 16.5. The van der Waals surface area contributed by atoms with E-state index in [-0.39, 0.29) is 0 Å². The van der Waals surface area contributed by atoms with Gasteiger partial charge in [-0.15, -0.1) is 12.3 Å². The smallest absolute Gasteiger partial charge is 0.0495 e. The van der Waals surface area contributed by atoms with Crippen molar-refractivity contribution in [1.29, 1.82) is 0 Å². The molecule has 9 heavy (non-hydrogen) atoms. The second kappa shape index (κ2) is 3.53. The lowest BCUT2D eigenvalue weighted by atomic mass is 10.0. The van der Waals surface area contributed by atoms with Crippen LogP contribution in [-0.2, 0) is 4.74 Å². The van der Waals surface area contributed by atoms with Gasteiger partial charge in [-0.05, 0) is 18.8 Å². The Morgan fingerprint density at radius 2 is 2.56 bits per heavy atom. The van der Waals surface area contributed by atoms with Crippen LogP contribution in [0.25, 0.3) is 0 Å². The molecule has 0 aromatic rings. The molecule has 1 heteroatoms. The van der Waals surface area contributed by atoms with Crippen LogP contribution in [0.5, 0.6) is 0 Å². The van der Waals surface area contributed by atoms with Crippen LogP contribution in [0.15, 0.2) is 0 Å². The van der Waals surface area contributed by atoms with Gasteiger partial charge < -0.3 is 4.74 Å². The first kappa shape index (κ1) is 6.64. The van der Waals surface area contributed by atoms with Crippen molar-refractivity contribution in [3.63, 3.8) is 0 Å². The van der Waals surface area contributed by atoms with Gasteiger partial charge in [-0.3, -0.25) is 0 Å². The van der Waals surface area contributed by atoms with Gasteiger partial charge in [-0.25, -0.2) is 0 Å². The predicted molar refractivity (Wildman–Crippen MR) is 37.0 cm³/mol. The molecule has 50 valence electrons. The summed E-state index contributed by atoms with van der Waals surface area (Å²) in [6.45, 7) is 1.87. The molecule has 0 saturated carbocycles. The highest BCUT2D eigenvalue weighted by Crippen LogP contribution is 2.16. The molecule has 0 bridgehead atoms. The zero-order valence-electron chi connectivity index (χ0n) is 5.60. The fraction of sp³-hybridized carbons (Fsp3) is 0.750. The van der Waals surface area contributed by atoms with Crippen molar-refractivity contribution in [2.75, 3.05) is 13.2 Å². The molecule has 1 unspecified atom stereocenters. The summed E-state index contributed by atoms with van der Waals surface area (Å²) < 4.78 is 5.19. The van der Waals surface area contributed by atoms with E-state index in [0.29, 0.717) is 0 Å². The summed E-state index contributed by atoms with van der Waals surface area (Å²) >= 11 is 0. The Bertz CT molecular complexity index is 106. The molecule has 0 aliphatic carbocycles. The van der Waals surface area contributed by atoms with Gasteiger partial charge in [0.1, 0.15) is 0 Å².